The van der Waals surface area contributed by atoms with Gasteiger partial charge in [-0.1, -0.05) is 70.4 Å². The zero-order valence-corrected chi connectivity index (χ0v) is 15.6. The van der Waals surface area contributed by atoms with Crippen molar-refractivity contribution < 1.29 is 0 Å². The largest absolute Gasteiger partial charge is 0.309 e. The zero-order chi connectivity index (χ0) is 15.5. The summed E-state index contributed by atoms with van der Waals surface area (Å²) < 4.78 is 0. The third-order valence-electron chi connectivity index (χ3n) is 3.98. The van der Waals surface area contributed by atoms with Crippen molar-refractivity contribution in [1.82, 2.24) is 5.32 Å². The highest BCUT2D eigenvalue weighted by atomic mass is 35.5. The average molecular weight is 330 g/mol. The topological polar surface area (TPSA) is 12.0 Å². The second-order valence-electron chi connectivity index (χ2n) is 6.01. The van der Waals surface area contributed by atoms with Gasteiger partial charge in [-0.25, -0.2) is 0 Å². The van der Waals surface area contributed by atoms with Crippen LogP contribution in [-0.4, -0.2) is 6.54 Å². The van der Waals surface area contributed by atoms with Gasteiger partial charge in [-0.05, 0) is 37.3 Å². The molecule has 1 heterocycles. The molecule has 0 aliphatic rings. The molecular formula is C18H32ClNS. The number of rotatable bonds is 12. The molecule has 0 radical (unpaired) electrons. The Kier molecular flexibility index (Phi) is 10.4. The van der Waals surface area contributed by atoms with Crippen LogP contribution in [0.3, 0.4) is 0 Å². The van der Waals surface area contributed by atoms with Gasteiger partial charge in [0.05, 0.1) is 5.02 Å². The van der Waals surface area contributed by atoms with E-state index in [1.807, 2.05) is 11.3 Å². The van der Waals surface area contributed by atoms with Crippen LogP contribution in [0.1, 0.15) is 88.1 Å². The summed E-state index contributed by atoms with van der Waals surface area (Å²) in [5, 5.41) is 6.84. The Morgan fingerprint density at radius 3 is 2.29 bits per heavy atom. The first-order valence-electron chi connectivity index (χ1n) is 8.67. The molecule has 1 unspecified atom stereocenters. The van der Waals surface area contributed by atoms with Crippen molar-refractivity contribution in [3.8, 4) is 0 Å². The summed E-state index contributed by atoms with van der Waals surface area (Å²) in [5.41, 5.74) is 1.22. The van der Waals surface area contributed by atoms with E-state index in [0.29, 0.717) is 6.04 Å². The first-order chi connectivity index (χ1) is 10.2. The molecule has 21 heavy (non-hydrogen) atoms. The first-order valence-corrected chi connectivity index (χ1v) is 9.93. The lowest BCUT2D eigenvalue weighted by Gasteiger charge is -2.18. The molecule has 1 atom stereocenters. The van der Waals surface area contributed by atoms with Gasteiger partial charge in [0.15, 0.2) is 0 Å². The maximum atomic E-state index is 6.45. The van der Waals surface area contributed by atoms with Gasteiger partial charge in [-0.2, -0.15) is 0 Å². The molecular weight excluding hydrogens is 298 g/mol. The smallest absolute Gasteiger partial charge is 0.0590 e. The van der Waals surface area contributed by atoms with E-state index in [-0.39, 0.29) is 0 Å². The Morgan fingerprint density at radius 1 is 1.05 bits per heavy atom. The van der Waals surface area contributed by atoms with Crippen LogP contribution in [0.5, 0.6) is 0 Å². The Balaban J connectivity index is 2.35. The standard InChI is InChI=1S/C18H32ClNS/c1-4-6-7-8-9-10-11-12-16(20-13-5-2)18-17(19)15(3)14-21-18/h14,16,20H,4-13H2,1-3H3. The zero-order valence-electron chi connectivity index (χ0n) is 14.0. The number of nitrogens with one attached hydrogen (secondary N) is 1. The Hall–Kier alpha value is -0.0500. The molecule has 0 bridgehead atoms. The lowest BCUT2D eigenvalue weighted by molar-refractivity contribution is 0.471. The van der Waals surface area contributed by atoms with Crippen LogP contribution in [0.15, 0.2) is 5.38 Å². The maximum Gasteiger partial charge on any atom is 0.0590 e. The van der Waals surface area contributed by atoms with Gasteiger partial charge in [-0.15, -0.1) is 11.3 Å². The molecule has 0 saturated heterocycles. The number of hydrogen-bond donors (Lipinski definition) is 1. The molecule has 0 fully saturated rings. The summed E-state index contributed by atoms with van der Waals surface area (Å²) in [4.78, 5) is 1.34. The first kappa shape index (κ1) is 19.0. The molecule has 1 N–H and O–H groups in total. The lowest BCUT2D eigenvalue weighted by atomic mass is 10.0. The Labute approximate surface area is 140 Å². The molecule has 0 aliphatic carbocycles. The molecule has 1 aromatic rings. The summed E-state index contributed by atoms with van der Waals surface area (Å²) in [6, 6.07) is 0.451. The molecule has 1 nitrogen and oxygen atoms in total. The van der Waals surface area contributed by atoms with E-state index in [2.05, 4.69) is 31.5 Å². The molecule has 1 aromatic heterocycles. The van der Waals surface area contributed by atoms with Crippen LogP contribution in [0.25, 0.3) is 0 Å². The van der Waals surface area contributed by atoms with Crippen LogP contribution < -0.4 is 5.32 Å². The molecule has 122 valence electrons. The highest BCUT2D eigenvalue weighted by Crippen LogP contribution is 2.34. The molecule has 0 aliphatic heterocycles. The third-order valence-corrected chi connectivity index (χ3v) is 5.81. The molecule has 0 spiro atoms. The van der Waals surface area contributed by atoms with Crippen molar-refractivity contribution in [2.75, 3.05) is 6.54 Å². The van der Waals surface area contributed by atoms with Crippen molar-refractivity contribution in [3.63, 3.8) is 0 Å². The minimum absolute atomic E-state index is 0.451. The molecule has 0 aromatic carbocycles. The average Bonchev–Trinajstić information content (AvgIpc) is 2.81. The van der Waals surface area contributed by atoms with Gasteiger partial charge in [0.25, 0.3) is 0 Å². The van der Waals surface area contributed by atoms with Gasteiger partial charge in [0.1, 0.15) is 0 Å². The van der Waals surface area contributed by atoms with Crippen molar-refractivity contribution in [2.24, 2.45) is 0 Å². The molecule has 1 rings (SSSR count). The highest BCUT2D eigenvalue weighted by molar-refractivity contribution is 7.10. The van der Waals surface area contributed by atoms with E-state index < -0.39 is 0 Å². The van der Waals surface area contributed by atoms with E-state index in [1.165, 1.54) is 68.2 Å². The molecule has 0 amide bonds. The van der Waals surface area contributed by atoms with E-state index in [4.69, 9.17) is 11.6 Å². The third kappa shape index (κ3) is 7.17. The number of thiophene rings is 1. The van der Waals surface area contributed by atoms with E-state index in [0.717, 1.165) is 11.6 Å². The van der Waals surface area contributed by atoms with Crippen LogP contribution in [0, 0.1) is 6.92 Å². The highest BCUT2D eigenvalue weighted by Gasteiger charge is 2.17. The van der Waals surface area contributed by atoms with Gasteiger partial charge in [0, 0.05) is 10.9 Å². The van der Waals surface area contributed by atoms with Crippen molar-refractivity contribution in [1.29, 1.82) is 0 Å². The van der Waals surface area contributed by atoms with Crippen LogP contribution >= 0.6 is 22.9 Å². The summed E-state index contributed by atoms with van der Waals surface area (Å²) in [7, 11) is 0. The minimum atomic E-state index is 0.451. The fourth-order valence-electron chi connectivity index (χ4n) is 2.63. The predicted octanol–water partition coefficient (Wildman–Crippen LogP) is 6.89. The predicted molar refractivity (Wildman–Crippen MR) is 97.7 cm³/mol. The second kappa shape index (κ2) is 11.5. The van der Waals surface area contributed by atoms with E-state index in [1.54, 1.807) is 0 Å². The maximum absolute atomic E-state index is 6.45. The number of halogens is 1. The van der Waals surface area contributed by atoms with Gasteiger partial charge in [0.2, 0.25) is 0 Å². The summed E-state index contributed by atoms with van der Waals surface area (Å²) >= 11 is 8.27. The van der Waals surface area contributed by atoms with E-state index in [9.17, 15) is 0 Å². The normalized spacial score (nSPS) is 12.8. The summed E-state index contributed by atoms with van der Waals surface area (Å²) in [6.45, 7) is 7.68. The minimum Gasteiger partial charge on any atom is -0.309 e. The van der Waals surface area contributed by atoms with Crippen molar-refractivity contribution in [2.45, 2.75) is 84.6 Å². The van der Waals surface area contributed by atoms with Crippen molar-refractivity contribution >= 4 is 22.9 Å². The van der Waals surface area contributed by atoms with Crippen LogP contribution in [-0.2, 0) is 0 Å². The SMILES string of the molecule is CCCCCCCCCC(NCCC)c1scc(C)c1Cl. The molecule has 3 heteroatoms. The fourth-order valence-corrected chi connectivity index (χ4v) is 4.07. The monoisotopic (exact) mass is 329 g/mol. The number of aryl methyl sites for hydroxylation is 1. The lowest BCUT2D eigenvalue weighted by Crippen LogP contribution is -2.21. The number of hydrogen-bond acceptors (Lipinski definition) is 2. The van der Waals surface area contributed by atoms with Crippen LogP contribution in [0.4, 0.5) is 0 Å². The van der Waals surface area contributed by atoms with E-state index >= 15 is 0 Å². The summed E-state index contributed by atoms with van der Waals surface area (Å²) in [5.74, 6) is 0. The summed E-state index contributed by atoms with van der Waals surface area (Å²) in [6.07, 6.45) is 12.0. The van der Waals surface area contributed by atoms with Gasteiger partial charge < -0.3 is 5.32 Å². The Morgan fingerprint density at radius 2 is 1.71 bits per heavy atom. The second-order valence-corrected chi connectivity index (χ2v) is 7.30. The fraction of sp³-hybridized carbons (Fsp3) is 0.778. The van der Waals surface area contributed by atoms with Crippen molar-refractivity contribution in [3.05, 3.63) is 20.8 Å². The number of unbranched alkanes of at least 4 members (excludes halogenated alkanes) is 6. The van der Waals surface area contributed by atoms with Gasteiger partial charge >= 0.3 is 0 Å². The van der Waals surface area contributed by atoms with Gasteiger partial charge in [-0.3, -0.25) is 0 Å². The quantitative estimate of drug-likeness (QED) is 0.411. The Bertz CT molecular complexity index is 375. The van der Waals surface area contributed by atoms with Crippen LogP contribution in [0.2, 0.25) is 5.02 Å². The molecule has 0 saturated carbocycles.